The van der Waals surface area contributed by atoms with Gasteiger partial charge < -0.3 is 15.0 Å². The fourth-order valence-electron chi connectivity index (χ4n) is 3.40. The van der Waals surface area contributed by atoms with Gasteiger partial charge in [0.1, 0.15) is 0 Å². The molecule has 2 aliphatic rings. The Balaban J connectivity index is 1.53. The van der Waals surface area contributed by atoms with Crippen LogP contribution in [0.5, 0.6) is 0 Å². The summed E-state index contributed by atoms with van der Waals surface area (Å²) in [5, 5.41) is 3.60. The summed E-state index contributed by atoms with van der Waals surface area (Å²) < 4.78 is 5.56. The summed E-state index contributed by atoms with van der Waals surface area (Å²) in [6.07, 6.45) is 2.11. The Bertz CT molecular complexity index is 882. The van der Waals surface area contributed by atoms with Crippen LogP contribution in [0.1, 0.15) is 28.8 Å². The zero-order chi connectivity index (χ0) is 19.5. The van der Waals surface area contributed by atoms with E-state index < -0.39 is 0 Å². The van der Waals surface area contributed by atoms with E-state index in [1.165, 1.54) is 11.8 Å². The van der Waals surface area contributed by atoms with Crippen LogP contribution in [0.25, 0.3) is 0 Å². The predicted octanol–water partition coefficient (Wildman–Crippen LogP) is 3.89. The van der Waals surface area contributed by atoms with Gasteiger partial charge in [0.25, 0.3) is 5.91 Å². The summed E-state index contributed by atoms with van der Waals surface area (Å²) in [7, 11) is 0. The van der Waals surface area contributed by atoms with Gasteiger partial charge in [-0.25, -0.2) is 0 Å². The summed E-state index contributed by atoms with van der Waals surface area (Å²) in [5.41, 5.74) is 2.32. The number of hydrogen-bond donors (Lipinski definition) is 1. The number of ether oxygens (including phenoxy) is 1. The number of amides is 2. The Morgan fingerprint density at radius 1 is 1.25 bits per heavy atom. The van der Waals surface area contributed by atoms with Crippen molar-refractivity contribution < 1.29 is 14.3 Å². The van der Waals surface area contributed by atoms with Crippen LogP contribution in [0.4, 0.5) is 5.69 Å². The monoisotopic (exact) mass is 416 g/mol. The molecule has 2 amide bonds. The predicted molar refractivity (Wildman–Crippen MR) is 111 cm³/mol. The van der Waals surface area contributed by atoms with E-state index in [1.54, 1.807) is 11.0 Å². The lowest BCUT2D eigenvalue weighted by atomic mass is 10.1. The van der Waals surface area contributed by atoms with Crippen molar-refractivity contribution in [1.29, 1.82) is 0 Å². The van der Waals surface area contributed by atoms with Crippen LogP contribution in [0.3, 0.4) is 0 Å². The minimum absolute atomic E-state index is 0.0318. The molecule has 2 aliphatic heterocycles. The minimum atomic E-state index is -0.146. The summed E-state index contributed by atoms with van der Waals surface area (Å²) >= 11 is 7.46. The van der Waals surface area contributed by atoms with Gasteiger partial charge in [-0.1, -0.05) is 23.7 Å². The summed E-state index contributed by atoms with van der Waals surface area (Å²) in [6, 6.07) is 13.0. The highest BCUT2D eigenvalue weighted by molar-refractivity contribution is 8.00. The number of fused-ring (bicyclic) bond motifs is 1. The third kappa shape index (κ3) is 4.35. The van der Waals surface area contributed by atoms with Gasteiger partial charge in [0, 0.05) is 28.6 Å². The molecule has 0 spiro atoms. The van der Waals surface area contributed by atoms with Crippen molar-refractivity contribution in [2.45, 2.75) is 30.4 Å². The smallest absolute Gasteiger partial charge is 0.251 e. The fourth-order valence-corrected chi connectivity index (χ4v) is 4.45. The maximum Gasteiger partial charge on any atom is 0.251 e. The standard InChI is InChI=1S/C21H21ClN2O3S/c22-16-6-3-14(4-7-16)12-24-18-10-15(5-8-19(18)28-13-20(24)25)21(26)23-11-17-2-1-9-27-17/h3-8,10,17H,1-2,9,11-13H2,(H,23,26). The van der Waals surface area contributed by atoms with Gasteiger partial charge in [-0.15, -0.1) is 11.8 Å². The molecule has 1 N–H and O–H groups in total. The Hall–Kier alpha value is -2.02. The molecule has 28 heavy (non-hydrogen) atoms. The first-order chi connectivity index (χ1) is 13.6. The van der Waals surface area contributed by atoms with Gasteiger partial charge >= 0.3 is 0 Å². The summed E-state index contributed by atoms with van der Waals surface area (Å²) in [5.74, 6) is 0.280. The lowest BCUT2D eigenvalue weighted by molar-refractivity contribution is -0.116. The second-order valence-corrected chi connectivity index (χ2v) is 8.38. The molecule has 1 saturated heterocycles. The van der Waals surface area contributed by atoms with E-state index in [1.807, 2.05) is 36.4 Å². The highest BCUT2D eigenvalue weighted by Gasteiger charge is 2.26. The van der Waals surface area contributed by atoms with Gasteiger partial charge in [-0.05, 0) is 48.7 Å². The molecular weight excluding hydrogens is 396 g/mol. The number of thioether (sulfide) groups is 1. The average Bonchev–Trinajstić information content (AvgIpc) is 3.23. The van der Waals surface area contributed by atoms with Crippen LogP contribution >= 0.6 is 23.4 Å². The van der Waals surface area contributed by atoms with E-state index in [2.05, 4.69) is 5.32 Å². The van der Waals surface area contributed by atoms with E-state index in [0.29, 0.717) is 29.4 Å². The Kier molecular flexibility index (Phi) is 5.90. The van der Waals surface area contributed by atoms with Crippen LogP contribution in [-0.2, 0) is 16.1 Å². The first kappa shape index (κ1) is 19.3. The number of carbonyl (C=O) groups is 2. The summed E-state index contributed by atoms with van der Waals surface area (Å²) in [6.45, 7) is 1.72. The highest BCUT2D eigenvalue weighted by Crippen LogP contribution is 2.37. The number of benzene rings is 2. The SMILES string of the molecule is O=C(NCC1CCCO1)c1ccc2c(c1)N(Cc1ccc(Cl)cc1)C(=O)CS2. The normalized spacial score (nSPS) is 18.8. The van der Waals surface area contributed by atoms with Crippen LogP contribution in [0, 0.1) is 0 Å². The third-order valence-corrected chi connectivity index (χ3v) is 6.23. The number of nitrogens with zero attached hydrogens (tertiary/aromatic N) is 1. The highest BCUT2D eigenvalue weighted by atomic mass is 35.5. The molecule has 0 radical (unpaired) electrons. The molecule has 1 atom stereocenters. The molecule has 1 unspecified atom stereocenters. The van der Waals surface area contributed by atoms with Crippen LogP contribution < -0.4 is 10.2 Å². The number of hydrogen-bond acceptors (Lipinski definition) is 4. The van der Waals surface area contributed by atoms with Gasteiger partial charge in [-0.2, -0.15) is 0 Å². The van der Waals surface area contributed by atoms with Crippen molar-refractivity contribution in [3.63, 3.8) is 0 Å². The van der Waals surface area contributed by atoms with Gasteiger partial charge in [-0.3, -0.25) is 9.59 Å². The fraction of sp³-hybridized carbons (Fsp3) is 0.333. The minimum Gasteiger partial charge on any atom is -0.376 e. The second kappa shape index (κ2) is 8.55. The zero-order valence-electron chi connectivity index (χ0n) is 15.3. The molecule has 2 aromatic carbocycles. The van der Waals surface area contributed by atoms with Gasteiger partial charge in [0.15, 0.2) is 0 Å². The number of rotatable bonds is 5. The Morgan fingerprint density at radius 2 is 2.07 bits per heavy atom. The lowest BCUT2D eigenvalue weighted by Gasteiger charge is -2.29. The Labute approximate surface area is 173 Å². The number of nitrogens with one attached hydrogen (secondary N) is 1. The maximum atomic E-state index is 12.6. The average molecular weight is 417 g/mol. The molecule has 0 bridgehead atoms. The van der Waals surface area contributed by atoms with Crippen molar-refractivity contribution >= 4 is 40.9 Å². The zero-order valence-corrected chi connectivity index (χ0v) is 16.9. The first-order valence-corrected chi connectivity index (χ1v) is 10.7. The van der Waals surface area contributed by atoms with E-state index in [0.717, 1.165) is 35.6 Å². The molecule has 7 heteroatoms. The molecule has 0 aromatic heterocycles. The Morgan fingerprint density at radius 3 is 2.82 bits per heavy atom. The van der Waals surface area contributed by atoms with E-state index in [-0.39, 0.29) is 17.9 Å². The number of anilines is 1. The molecule has 1 fully saturated rings. The number of carbonyl (C=O) groups excluding carboxylic acids is 2. The molecule has 146 valence electrons. The van der Waals surface area contributed by atoms with Crippen LogP contribution in [-0.4, -0.2) is 36.8 Å². The molecule has 2 aromatic rings. The van der Waals surface area contributed by atoms with E-state index in [4.69, 9.17) is 16.3 Å². The molecular formula is C21H21ClN2O3S. The van der Waals surface area contributed by atoms with Gasteiger partial charge in [0.2, 0.25) is 5.91 Å². The largest absolute Gasteiger partial charge is 0.376 e. The van der Waals surface area contributed by atoms with Crippen LogP contribution in [0.2, 0.25) is 5.02 Å². The van der Waals surface area contributed by atoms with E-state index >= 15 is 0 Å². The topological polar surface area (TPSA) is 58.6 Å². The quantitative estimate of drug-likeness (QED) is 0.803. The van der Waals surface area contributed by atoms with Crippen molar-refractivity contribution in [1.82, 2.24) is 5.32 Å². The molecule has 4 rings (SSSR count). The second-order valence-electron chi connectivity index (χ2n) is 6.92. The van der Waals surface area contributed by atoms with Gasteiger partial charge in [0.05, 0.1) is 24.1 Å². The first-order valence-electron chi connectivity index (χ1n) is 9.31. The van der Waals surface area contributed by atoms with Crippen molar-refractivity contribution in [2.24, 2.45) is 0 Å². The lowest BCUT2D eigenvalue weighted by Crippen LogP contribution is -2.35. The van der Waals surface area contributed by atoms with Crippen LogP contribution in [0.15, 0.2) is 47.4 Å². The summed E-state index contributed by atoms with van der Waals surface area (Å²) in [4.78, 5) is 27.9. The van der Waals surface area contributed by atoms with Crippen molar-refractivity contribution in [3.8, 4) is 0 Å². The molecule has 0 aliphatic carbocycles. The molecule has 5 nitrogen and oxygen atoms in total. The molecule has 0 saturated carbocycles. The molecule has 2 heterocycles. The van der Waals surface area contributed by atoms with Crippen molar-refractivity contribution in [3.05, 3.63) is 58.6 Å². The maximum absolute atomic E-state index is 12.6. The van der Waals surface area contributed by atoms with Crippen molar-refractivity contribution in [2.75, 3.05) is 23.8 Å². The third-order valence-electron chi connectivity index (χ3n) is 4.93. The van der Waals surface area contributed by atoms with E-state index in [9.17, 15) is 9.59 Å². The number of halogens is 1.